The Hall–Kier alpha value is -0.340. The first kappa shape index (κ1) is 6.78. The summed E-state index contributed by atoms with van der Waals surface area (Å²) in [6, 6.07) is 0. The third kappa shape index (κ3) is 1.53. The molecule has 1 fully saturated rings. The van der Waals surface area contributed by atoms with Crippen molar-refractivity contribution < 1.29 is 4.74 Å². The molecule has 0 aliphatic carbocycles. The average Bonchev–Trinajstić information content (AvgIpc) is 1.89. The van der Waals surface area contributed by atoms with E-state index in [1.165, 1.54) is 12.0 Å². The fraction of sp³-hybridized carbons (Fsp3) is 0.714. The normalized spacial score (nSPS) is 28.6. The van der Waals surface area contributed by atoms with Crippen LogP contribution in [-0.2, 0) is 4.74 Å². The molecule has 9 heavy (non-hydrogen) atoms. The van der Waals surface area contributed by atoms with E-state index in [0.717, 1.165) is 13.0 Å². The van der Waals surface area contributed by atoms with Crippen molar-refractivity contribution in [2.24, 2.45) is 0 Å². The lowest BCUT2D eigenvalue weighted by atomic mass is 10.1. The molecule has 0 amide bonds. The highest BCUT2D eigenvalue weighted by Crippen LogP contribution is 2.12. The van der Waals surface area contributed by atoms with Gasteiger partial charge < -0.3 is 4.74 Å². The maximum absolute atomic E-state index is 5.09. The minimum absolute atomic E-state index is 0.110. The van der Waals surface area contributed by atoms with Gasteiger partial charge in [-0.1, -0.05) is 6.58 Å². The van der Waals surface area contributed by atoms with Crippen molar-refractivity contribution in [3.05, 3.63) is 12.2 Å². The SMILES string of the molecule is C=C1CCCNC1OC. The number of hydrogen-bond acceptors (Lipinski definition) is 2. The molecule has 0 aromatic heterocycles. The van der Waals surface area contributed by atoms with Crippen molar-refractivity contribution in [2.75, 3.05) is 13.7 Å². The maximum Gasteiger partial charge on any atom is 0.129 e. The van der Waals surface area contributed by atoms with Crippen LogP contribution in [0.1, 0.15) is 12.8 Å². The first-order chi connectivity index (χ1) is 4.34. The lowest BCUT2D eigenvalue weighted by Gasteiger charge is -2.24. The standard InChI is InChI=1S/C7H13NO/c1-6-4-3-5-8-7(6)9-2/h7-8H,1,3-5H2,2H3. The first-order valence-corrected chi connectivity index (χ1v) is 3.28. The van der Waals surface area contributed by atoms with Crippen LogP contribution >= 0.6 is 0 Å². The van der Waals surface area contributed by atoms with Gasteiger partial charge in [-0.15, -0.1) is 0 Å². The molecule has 1 atom stereocenters. The Morgan fingerprint density at radius 1 is 1.78 bits per heavy atom. The number of methoxy groups -OCH3 is 1. The largest absolute Gasteiger partial charge is 0.363 e. The molecule has 1 aliphatic heterocycles. The molecule has 0 aromatic rings. The minimum atomic E-state index is 0.110. The smallest absolute Gasteiger partial charge is 0.129 e. The summed E-state index contributed by atoms with van der Waals surface area (Å²) in [6.07, 6.45) is 2.41. The van der Waals surface area contributed by atoms with E-state index < -0.39 is 0 Å². The molecular formula is C7H13NO. The van der Waals surface area contributed by atoms with Gasteiger partial charge in [-0.05, 0) is 25.0 Å². The Morgan fingerprint density at radius 2 is 2.56 bits per heavy atom. The van der Waals surface area contributed by atoms with E-state index >= 15 is 0 Å². The molecule has 1 saturated heterocycles. The second-order valence-corrected chi connectivity index (χ2v) is 2.33. The highest BCUT2D eigenvalue weighted by molar-refractivity contribution is 5.03. The zero-order valence-corrected chi connectivity index (χ0v) is 5.81. The van der Waals surface area contributed by atoms with Crippen molar-refractivity contribution in [2.45, 2.75) is 19.1 Å². The molecule has 1 rings (SSSR count). The predicted octanol–water partition coefficient (Wildman–Crippen LogP) is 0.898. The Bertz CT molecular complexity index is 111. The van der Waals surface area contributed by atoms with E-state index in [-0.39, 0.29) is 6.23 Å². The Kier molecular flexibility index (Phi) is 2.25. The van der Waals surface area contributed by atoms with Gasteiger partial charge in [0.15, 0.2) is 0 Å². The molecule has 1 N–H and O–H groups in total. The lowest BCUT2D eigenvalue weighted by molar-refractivity contribution is 0.0912. The molecule has 1 heterocycles. The van der Waals surface area contributed by atoms with E-state index in [1.54, 1.807) is 7.11 Å². The number of piperidine rings is 1. The average molecular weight is 127 g/mol. The summed E-state index contributed by atoms with van der Waals surface area (Å²) in [5, 5.41) is 3.20. The highest BCUT2D eigenvalue weighted by Gasteiger charge is 2.13. The van der Waals surface area contributed by atoms with E-state index in [1.807, 2.05) is 0 Å². The highest BCUT2D eigenvalue weighted by atomic mass is 16.5. The minimum Gasteiger partial charge on any atom is -0.363 e. The van der Waals surface area contributed by atoms with Crippen molar-refractivity contribution in [1.29, 1.82) is 0 Å². The monoisotopic (exact) mass is 127 g/mol. The van der Waals surface area contributed by atoms with Crippen molar-refractivity contribution >= 4 is 0 Å². The van der Waals surface area contributed by atoms with Crippen LogP contribution in [0.5, 0.6) is 0 Å². The molecule has 2 heteroatoms. The summed E-state index contributed by atoms with van der Waals surface area (Å²) in [6.45, 7) is 4.93. The third-order valence-corrected chi connectivity index (χ3v) is 1.61. The summed E-state index contributed by atoms with van der Waals surface area (Å²) >= 11 is 0. The van der Waals surface area contributed by atoms with Gasteiger partial charge in [0.25, 0.3) is 0 Å². The third-order valence-electron chi connectivity index (χ3n) is 1.61. The lowest BCUT2D eigenvalue weighted by Crippen LogP contribution is -2.36. The van der Waals surface area contributed by atoms with Gasteiger partial charge >= 0.3 is 0 Å². The quantitative estimate of drug-likeness (QED) is 0.528. The van der Waals surface area contributed by atoms with E-state index in [4.69, 9.17) is 4.74 Å². The van der Waals surface area contributed by atoms with Gasteiger partial charge in [-0.3, -0.25) is 5.32 Å². The van der Waals surface area contributed by atoms with E-state index in [0.29, 0.717) is 0 Å². The second kappa shape index (κ2) is 2.99. The molecule has 0 spiro atoms. The van der Waals surface area contributed by atoms with Gasteiger partial charge in [-0.2, -0.15) is 0 Å². The topological polar surface area (TPSA) is 21.3 Å². The molecule has 1 unspecified atom stereocenters. The van der Waals surface area contributed by atoms with Crippen molar-refractivity contribution in [1.82, 2.24) is 5.32 Å². The summed E-state index contributed by atoms with van der Waals surface area (Å²) in [5.74, 6) is 0. The van der Waals surface area contributed by atoms with Crippen LogP contribution in [0.4, 0.5) is 0 Å². The zero-order valence-electron chi connectivity index (χ0n) is 5.81. The second-order valence-electron chi connectivity index (χ2n) is 2.33. The summed E-state index contributed by atoms with van der Waals surface area (Å²) in [7, 11) is 1.70. The molecule has 0 aromatic carbocycles. The van der Waals surface area contributed by atoms with Crippen LogP contribution in [0.3, 0.4) is 0 Å². The van der Waals surface area contributed by atoms with Crippen molar-refractivity contribution in [3.63, 3.8) is 0 Å². The molecule has 0 radical (unpaired) electrons. The van der Waals surface area contributed by atoms with Gasteiger partial charge in [0, 0.05) is 7.11 Å². The molecule has 52 valence electrons. The van der Waals surface area contributed by atoms with Gasteiger partial charge in [0.1, 0.15) is 6.23 Å². The van der Waals surface area contributed by atoms with Gasteiger partial charge in [0.2, 0.25) is 0 Å². The summed E-state index contributed by atoms with van der Waals surface area (Å²) in [4.78, 5) is 0. The summed E-state index contributed by atoms with van der Waals surface area (Å²) < 4.78 is 5.09. The molecule has 1 aliphatic rings. The van der Waals surface area contributed by atoms with Crippen LogP contribution in [-0.4, -0.2) is 19.9 Å². The zero-order chi connectivity index (χ0) is 6.69. The number of hydrogen-bond donors (Lipinski definition) is 1. The predicted molar refractivity (Wildman–Crippen MR) is 37.2 cm³/mol. The Labute approximate surface area is 55.9 Å². The number of nitrogens with one attached hydrogen (secondary N) is 1. The van der Waals surface area contributed by atoms with E-state index in [2.05, 4.69) is 11.9 Å². The van der Waals surface area contributed by atoms with E-state index in [9.17, 15) is 0 Å². The Morgan fingerprint density at radius 3 is 3.00 bits per heavy atom. The van der Waals surface area contributed by atoms with Crippen LogP contribution < -0.4 is 5.32 Å². The number of rotatable bonds is 1. The number of ether oxygens (including phenoxy) is 1. The van der Waals surface area contributed by atoms with Crippen LogP contribution in [0.15, 0.2) is 12.2 Å². The van der Waals surface area contributed by atoms with Crippen LogP contribution in [0.25, 0.3) is 0 Å². The maximum atomic E-state index is 5.09. The van der Waals surface area contributed by atoms with Crippen LogP contribution in [0, 0.1) is 0 Å². The fourth-order valence-electron chi connectivity index (χ4n) is 1.07. The Balaban J connectivity index is 2.39. The summed E-state index contributed by atoms with van der Waals surface area (Å²) in [5.41, 5.74) is 1.17. The van der Waals surface area contributed by atoms with Crippen LogP contribution in [0.2, 0.25) is 0 Å². The van der Waals surface area contributed by atoms with Gasteiger partial charge in [-0.25, -0.2) is 0 Å². The first-order valence-electron chi connectivity index (χ1n) is 3.28. The molecule has 0 bridgehead atoms. The molecule has 2 nitrogen and oxygen atoms in total. The fourth-order valence-corrected chi connectivity index (χ4v) is 1.07. The van der Waals surface area contributed by atoms with Crippen molar-refractivity contribution in [3.8, 4) is 0 Å². The molecular weight excluding hydrogens is 114 g/mol. The molecule has 0 saturated carbocycles. The van der Waals surface area contributed by atoms with Gasteiger partial charge in [0.05, 0.1) is 0 Å².